The average Bonchev–Trinajstić information content (AvgIpc) is 2.66. The molecule has 2 aromatic rings. The Bertz CT molecular complexity index is 870. The maximum atomic E-state index is 12.4. The lowest BCUT2D eigenvalue weighted by Crippen LogP contribution is -2.27. The van der Waals surface area contributed by atoms with Crippen molar-refractivity contribution >= 4 is 15.9 Å². The van der Waals surface area contributed by atoms with Crippen molar-refractivity contribution in [1.82, 2.24) is 14.8 Å². The summed E-state index contributed by atoms with van der Waals surface area (Å²) in [5, 5.41) is 2.74. The quantitative estimate of drug-likeness (QED) is 0.700. The molecule has 8 nitrogen and oxygen atoms in total. The summed E-state index contributed by atoms with van der Waals surface area (Å²) in [6.45, 7) is 2.52. The summed E-state index contributed by atoms with van der Waals surface area (Å²) < 4.78 is 30.7. The van der Waals surface area contributed by atoms with E-state index < -0.39 is 15.9 Å². The fraction of sp³-hybridized carbons (Fsp3) is 0.294. The van der Waals surface area contributed by atoms with Crippen molar-refractivity contribution < 1.29 is 22.8 Å². The Morgan fingerprint density at radius 1 is 1.27 bits per heavy atom. The number of sulfonamides is 1. The molecule has 0 unspecified atom stereocenters. The lowest BCUT2D eigenvalue weighted by atomic mass is 10.2. The summed E-state index contributed by atoms with van der Waals surface area (Å²) in [6.07, 6.45) is 1.61. The number of hydrogen-bond donors (Lipinski definition) is 1. The number of ether oxygens (including phenoxy) is 1. The summed E-state index contributed by atoms with van der Waals surface area (Å²) in [5.41, 5.74) is 0.947. The standard InChI is InChI=1S/C17H21N3O5S/c1-4-25-17-14(8-6-10-18-17)12-19-16(21)13-7-5-9-15(11-13)26(22,23)20(2)24-3/h5-11H,4,12H2,1-3H3,(H,19,21). The zero-order valence-corrected chi connectivity index (χ0v) is 15.6. The molecule has 0 bridgehead atoms. The minimum atomic E-state index is -3.83. The Kier molecular flexibility index (Phi) is 6.67. The minimum absolute atomic E-state index is 0.0362. The molecule has 0 saturated carbocycles. The van der Waals surface area contributed by atoms with Crippen LogP contribution in [-0.4, -0.2) is 44.5 Å². The number of rotatable bonds is 8. The number of aromatic nitrogens is 1. The Morgan fingerprint density at radius 3 is 2.73 bits per heavy atom. The second-order valence-electron chi connectivity index (χ2n) is 5.21. The molecule has 0 fully saturated rings. The topological polar surface area (TPSA) is 97.8 Å². The van der Waals surface area contributed by atoms with Crippen LogP contribution in [0.25, 0.3) is 0 Å². The van der Waals surface area contributed by atoms with Gasteiger partial charge in [0.1, 0.15) is 0 Å². The van der Waals surface area contributed by atoms with Crippen LogP contribution in [0.2, 0.25) is 0 Å². The van der Waals surface area contributed by atoms with E-state index in [0.29, 0.717) is 12.5 Å². The molecule has 26 heavy (non-hydrogen) atoms. The Hall–Kier alpha value is -2.49. The number of carbonyl (C=O) groups excluding carboxylic acids is 1. The molecule has 0 atom stereocenters. The molecule has 0 aliphatic rings. The van der Waals surface area contributed by atoms with Crippen LogP contribution in [0.15, 0.2) is 47.5 Å². The van der Waals surface area contributed by atoms with Gasteiger partial charge in [-0.25, -0.2) is 13.4 Å². The smallest absolute Gasteiger partial charge is 0.264 e. The fourth-order valence-electron chi connectivity index (χ4n) is 2.15. The highest BCUT2D eigenvalue weighted by Gasteiger charge is 2.22. The number of hydroxylamine groups is 1. The summed E-state index contributed by atoms with van der Waals surface area (Å²) in [5.74, 6) is 0.0433. The van der Waals surface area contributed by atoms with Crippen molar-refractivity contribution in [2.45, 2.75) is 18.4 Å². The molecule has 9 heteroatoms. The molecule has 1 aromatic heterocycles. The van der Waals surface area contributed by atoms with Gasteiger partial charge >= 0.3 is 0 Å². The zero-order valence-electron chi connectivity index (χ0n) is 14.8. The average molecular weight is 379 g/mol. The lowest BCUT2D eigenvalue weighted by Gasteiger charge is -2.14. The van der Waals surface area contributed by atoms with Gasteiger partial charge in [0, 0.05) is 30.9 Å². The normalized spacial score (nSPS) is 11.4. The van der Waals surface area contributed by atoms with Gasteiger partial charge in [-0.1, -0.05) is 16.6 Å². The van der Waals surface area contributed by atoms with Gasteiger partial charge in [0.15, 0.2) is 0 Å². The fourth-order valence-corrected chi connectivity index (χ4v) is 3.17. The summed E-state index contributed by atoms with van der Waals surface area (Å²) in [4.78, 5) is 21.2. The predicted molar refractivity (Wildman–Crippen MR) is 95.0 cm³/mol. The maximum absolute atomic E-state index is 12.4. The van der Waals surface area contributed by atoms with E-state index in [1.165, 1.54) is 38.4 Å². The first-order valence-corrected chi connectivity index (χ1v) is 9.32. The lowest BCUT2D eigenvalue weighted by molar-refractivity contribution is -0.0258. The Labute approximate surface area is 152 Å². The van der Waals surface area contributed by atoms with Crippen LogP contribution in [0.5, 0.6) is 5.88 Å². The van der Waals surface area contributed by atoms with E-state index in [-0.39, 0.29) is 17.0 Å². The highest BCUT2D eigenvalue weighted by molar-refractivity contribution is 7.89. The first-order valence-electron chi connectivity index (χ1n) is 7.88. The molecule has 1 amide bonds. The molecule has 140 valence electrons. The number of amides is 1. The van der Waals surface area contributed by atoms with Gasteiger partial charge in [-0.05, 0) is 31.2 Å². The van der Waals surface area contributed by atoms with Crippen molar-refractivity contribution in [1.29, 1.82) is 0 Å². The second-order valence-corrected chi connectivity index (χ2v) is 7.14. The summed E-state index contributed by atoms with van der Waals surface area (Å²) >= 11 is 0. The molecule has 0 spiro atoms. The van der Waals surface area contributed by atoms with E-state index >= 15 is 0 Å². The van der Waals surface area contributed by atoms with E-state index in [1.54, 1.807) is 18.3 Å². The SMILES string of the molecule is CCOc1ncccc1CNC(=O)c1cccc(S(=O)(=O)N(C)OC)c1. The molecular weight excluding hydrogens is 358 g/mol. The molecule has 2 rings (SSSR count). The van der Waals surface area contributed by atoms with E-state index in [0.717, 1.165) is 10.0 Å². The zero-order chi connectivity index (χ0) is 19.2. The molecular formula is C17H21N3O5S. The van der Waals surface area contributed by atoms with Gasteiger partial charge in [-0.3, -0.25) is 9.63 Å². The van der Waals surface area contributed by atoms with Crippen molar-refractivity contribution in [2.24, 2.45) is 0 Å². The van der Waals surface area contributed by atoms with Crippen molar-refractivity contribution in [2.75, 3.05) is 20.8 Å². The van der Waals surface area contributed by atoms with Crippen LogP contribution in [0.1, 0.15) is 22.8 Å². The van der Waals surface area contributed by atoms with E-state index in [2.05, 4.69) is 10.3 Å². The highest BCUT2D eigenvalue weighted by Crippen LogP contribution is 2.17. The van der Waals surface area contributed by atoms with Gasteiger partial charge in [0.05, 0.1) is 18.6 Å². The highest BCUT2D eigenvalue weighted by atomic mass is 32.2. The van der Waals surface area contributed by atoms with Crippen LogP contribution in [0, 0.1) is 0 Å². The monoisotopic (exact) mass is 379 g/mol. The largest absolute Gasteiger partial charge is 0.478 e. The summed E-state index contributed by atoms with van der Waals surface area (Å²) in [7, 11) is -1.30. The van der Waals surface area contributed by atoms with Crippen LogP contribution in [0.4, 0.5) is 0 Å². The maximum Gasteiger partial charge on any atom is 0.264 e. The Balaban J connectivity index is 2.15. The van der Waals surface area contributed by atoms with Crippen LogP contribution >= 0.6 is 0 Å². The third kappa shape index (κ3) is 4.57. The first-order chi connectivity index (χ1) is 12.4. The Morgan fingerprint density at radius 2 is 2.04 bits per heavy atom. The van der Waals surface area contributed by atoms with Crippen LogP contribution in [-0.2, 0) is 21.4 Å². The third-order valence-electron chi connectivity index (χ3n) is 3.56. The van der Waals surface area contributed by atoms with E-state index in [4.69, 9.17) is 9.57 Å². The molecule has 1 N–H and O–H groups in total. The molecule has 1 heterocycles. The van der Waals surface area contributed by atoms with Crippen molar-refractivity contribution in [3.63, 3.8) is 0 Å². The molecule has 0 aliphatic heterocycles. The van der Waals surface area contributed by atoms with Gasteiger partial charge < -0.3 is 10.1 Å². The second kappa shape index (κ2) is 8.75. The van der Waals surface area contributed by atoms with Gasteiger partial charge in [-0.15, -0.1) is 0 Å². The number of nitrogens with zero attached hydrogens (tertiary/aromatic N) is 2. The first kappa shape index (κ1) is 19.8. The molecule has 0 aliphatic carbocycles. The summed E-state index contributed by atoms with van der Waals surface area (Å²) in [6, 6.07) is 9.28. The van der Waals surface area contributed by atoms with Gasteiger partial charge in [0.25, 0.3) is 15.9 Å². The molecule has 1 aromatic carbocycles. The van der Waals surface area contributed by atoms with Crippen LogP contribution in [0.3, 0.4) is 0 Å². The number of pyridine rings is 1. The van der Waals surface area contributed by atoms with Gasteiger partial charge in [-0.2, -0.15) is 0 Å². The molecule has 0 saturated heterocycles. The van der Waals surface area contributed by atoms with Gasteiger partial charge in [0.2, 0.25) is 5.88 Å². The van der Waals surface area contributed by atoms with Crippen molar-refractivity contribution in [3.8, 4) is 5.88 Å². The van der Waals surface area contributed by atoms with Crippen LogP contribution < -0.4 is 10.1 Å². The third-order valence-corrected chi connectivity index (χ3v) is 5.24. The molecule has 0 radical (unpaired) electrons. The van der Waals surface area contributed by atoms with E-state index in [9.17, 15) is 13.2 Å². The number of benzene rings is 1. The number of nitrogens with one attached hydrogen (secondary N) is 1. The predicted octanol–water partition coefficient (Wildman–Crippen LogP) is 1.59. The van der Waals surface area contributed by atoms with E-state index in [1.807, 2.05) is 6.92 Å². The number of hydrogen-bond acceptors (Lipinski definition) is 6. The van der Waals surface area contributed by atoms with Crippen molar-refractivity contribution in [3.05, 3.63) is 53.7 Å². The minimum Gasteiger partial charge on any atom is -0.478 e. The number of carbonyl (C=O) groups is 1.